The third-order valence-corrected chi connectivity index (χ3v) is 8.47. The number of hydrogen-bond donors (Lipinski definition) is 3. The highest BCUT2D eigenvalue weighted by Crippen LogP contribution is 2.65. The summed E-state index contributed by atoms with van der Waals surface area (Å²) in [6.45, 7) is 1.58. The fourth-order valence-electron chi connectivity index (χ4n) is 3.91. The molecule has 4 N–H and O–H groups in total. The van der Waals surface area contributed by atoms with Gasteiger partial charge in [0.2, 0.25) is 5.91 Å². The molecule has 1 aliphatic rings. The molecule has 4 rings (SSSR count). The summed E-state index contributed by atoms with van der Waals surface area (Å²) in [6.07, 6.45) is 0. The summed E-state index contributed by atoms with van der Waals surface area (Å²) in [6, 6.07) is 7.75. The van der Waals surface area contributed by atoms with Gasteiger partial charge in [-0.3, -0.25) is 9.59 Å². The molecule has 0 radical (unpaired) electrons. The normalized spacial score (nSPS) is 17.9. The number of amides is 2. The lowest BCUT2D eigenvalue weighted by atomic mass is 10.1. The lowest BCUT2D eigenvalue weighted by Gasteiger charge is -2.13. The summed E-state index contributed by atoms with van der Waals surface area (Å²) in [5.74, 6) is -5.18. The van der Waals surface area contributed by atoms with Gasteiger partial charge in [0.1, 0.15) is 15.8 Å². The molecule has 13 heteroatoms. The summed E-state index contributed by atoms with van der Waals surface area (Å²) in [5.41, 5.74) is 5.32. The summed E-state index contributed by atoms with van der Waals surface area (Å²) < 4.78 is 26.9. The van der Waals surface area contributed by atoms with Crippen LogP contribution in [0.15, 0.2) is 36.4 Å². The van der Waals surface area contributed by atoms with Crippen LogP contribution < -0.4 is 16.4 Å². The predicted octanol–water partition coefficient (Wildman–Crippen LogP) is 8.25. The van der Waals surface area contributed by atoms with Crippen molar-refractivity contribution in [2.45, 2.75) is 17.2 Å². The number of carbonyl (C=O) groups excluding carboxylic acids is 2. The SMILES string of the molecule is Cc1cc(NC(=O)C2[C@H](c3cc(Cl)c(Cl)c(Cl)c3)C2(Cl)Cl)cc(C(=O)Nc2c(F)ccc(N)c2F)c1Cl. The van der Waals surface area contributed by atoms with Crippen molar-refractivity contribution >= 4 is 98.5 Å². The maximum atomic E-state index is 14.3. The fraction of sp³-hybridized carbons (Fsp3) is 0.167. The topological polar surface area (TPSA) is 84.2 Å². The summed E-state index contributed by atoms with van der Waals surface area (Å²) in [4.78, 5) is 25.9. The quantitative estimate of drug-likeness (QED) is 0.151. The monoisotopic (exact) mass is 625 g/mol. The first kappa shape index (κ1) is 28.0. The van der Waals surface area contributed by atoms with Crippen LogP contribution in [-0.4, -0.2) is 16.1 Å². The molecular weight excluding hydrogens is 613 g/mol. The Labute approximate surface area is 240 Å². The van der Waals surface area contributed by atoms with E-state index in [0.29, 0.717) is 11.1 Å². The highest BCUT2D eigenvalue weighted by molar-refractivity contribution is 6.54. The Hall–Kier alpha value is -2.00. The highest BCUT2D eigenvalue weighted by Gasteiger charge is 2.67. The zero-order valence-electron chi connectivity index (χ0n) is 18.5. The smallest absolute Gasteiger partial charge is 0.257 e. The van der Waals surface area contributed by atoms with Gasteiger partial charge in [0, 0.05) is 11.6 Å². The number of nitrogens with one attached hydrogen (secondary N) is 2. The van der Waals surface area contributed by atoms with E-state index in [1.54, 1.807) is 6.92 Å². The van der Waals surface area contributed by atoms with Crippen LogP contribution in [0.2, 0.25) is 20.1 Å². The molecule has 0 saturated heterocycles. The Morgan fingerprint density at radius 3 is 2.19 bits per heavy atom. The van der Waals surface area contributed by atoms with Gasteiger partial charge in [-0.15, -0.1) is 23.2 Å². The summed E-state index contributed by atoms with van der Waals surface area (Å²) in [7, 11) is 0. The first-order valence-corrected chi connectivity index (χ1v) is 12.7. The van der Waals surface area contributed by atoms with E-state index in [-0.39, 0.29) is 37.0 Å². The van der Waals surface area contributed by atoms with Crippen molar-refractivity contribution in [1.29, 1.82) is 0 Å². The number of nitrogens with two attached hydrogens (primary N) is 1. The minimum atomic E-state index is -1.46. The first-order valence-electron chi connectivity index (χ1n) is 10.4. The van der Waals surface area contributed by atoms with E-state index >= 15 is 0 Å². The second-order valence-electron chi connectivity index (χ2n) is 8.35. The van der Waals surface area contributed by atoms with Gasteiger partial charge >= 0.3 is 0 Å². The second kappa shape index (κ2) is 10.3. The standard InChI is InChI=1S/C24H15Cl6F2N3O2/c1-8-4-10(7-11(18(8)27)22(36)35-21-14(31)2-3-15(33)20(21)32)34-23(37)17-16(24(17,29)30)9-5-12(25)19(28)13(26)6-9/h2-7,16-17H,33H2,1H3,(H,34,37)(H,35,36)/t16-,17?/m0/s1. The number of anilines is 3. The Morgan fingerprint density at radius 1 is 0.946 bits per heavy atom. The maximum Gasteiger partial charge on any atom is 0.257 e. The van der Waals surface area contributed by atoms with Crippen molar-refractivity contribution in [2.75, 3.05) is 16.4 Å². The van der Waals surface area contributed by atoms with Crippen LogP contribution in [0.5, 0.6) is 0 Å². The van der Waals surface area contributed by atoms with E-state index in [9.17, 15) is 18.4 Å². The van der Waals surface area contributed by atoms with Gasteiger partial charge in [-0.1, -0.05) is 46.4 Å². The summed E-state index contributed by atoms with van der Waals surface area (Å²) in [5, 5.41) is 5.31. The fourth-order valence-corrected chi connectivity index (χ4v) is 5.55. The second-order valence-corrected chi connectivity index (χ2v) is 11.4. The minimum absolute atomic E-state index is 0.0130. The molecule has 3 aromatic rings. The molecule has 0 aliphatic heterocycles. The average molecular weight is 628 g/mol. The lowest BCUT2D eigenvalue weighted by molar-refractivity contribution is -0.117. The molecule has 1 aliphatic carbocycles. The Morgan fingerprint density at radius 2 is 1.57 bits per heavy atom. The van der Waals surface area contributed by atoms with Crippen molar-refractivity contribution in [2.24, 2.45) is 5.92 Å². The zero-order chi connectivity index (χ0) is 27.4. The average Bonchev–Trinajstić information content (AvgIpc) is 3.41. The number of alkyl halides is 2. The number of benzene rings is 3. The van der Waals surface area contributed by atoms with Crippen LogP contribution in [0, 0.1) is 24.5 Å². The molecule has 2 amide bonds. The van der Waals surface area contributed by atoms with Crippen molar-refractivity contribution < 1.29 is 18.4 Å². The molecule has 5 nitrogen and oxygen atoms in total. The van der Waals surface area contributed by atoms with Gasteiger partial charge < -0.3 is 16.4 Å². The van der Waals surface area contributed by atoms with Crippen molar-refractivity contribution in [3.63, 3.8) is 0 Å². The molecule has 1 saturated carbocycles. The molecule has 0 heterocycles. The van der Waals surface area contributed by atoms with E-state index in [0.717, 1.165) is 12.1 Å². The molecule has 2 atom stereocenters. The van der Waals surface area contributed by atoms with E-state index in [2.05, 4.69) is 10.6 Å². The zero-order valence-corrected chi connectivity index (χ0v) is 23.1. The molecule has 0 bridgehead atoms. The van der Waals surface area contributed by atoms with Gasteiger partial charge in [0.05, 0.1) is 37.3 Å². The molecule has 37 heavy (non-hydrogen) atoms. The Kier molecular flexibility index (Phi) is 7.79. The third-order valence-electron chi connectivity index (χ3n) is 5.83. The van der Waals surface area contributed by atoms with Gasteiger partial charge in [-0.2, -0.15) is 0 Å². The van der Waals surface area contributed by atoms with Gasteiger partial charge in [-0.05, 0) is 54.4 Å². The number of rotatable bonds is 5. The molecule has 1 fully saturated rings. The van der Waals surface area contributed by atoms with Crippen molar-refractivity contribution in [3.05, 3.63) is 84.8 Å². The van der Waals surface area contributed by atoms with Crippen LogP contribution in [-0.2, 0) is 4.79 Å². The molecule has 0 aromatic heterocycles. The Balaban J connectivity index is 1.58. The minimum Gasteiger partial charge on any atom is -0.396 e. The van der Waals surface area contributed by atoms with Gasteiger partial charge in [0.15, 0.2) is 5.82 Å². The van der Waals surface area contributed by atoms with E-state index < -0.39 is 45.3 Å². The summed E-state index contributed by atoms with van der Waals surface area (Å²) >= 11 is 37.3. The molecule has 3 aromatic carbocycles. The van der Waals surface area contributed by atoms with Gasteiger partial charge in [0.25, 0.3) is 5.91 Å². The van der Waals surface area contributed by atoms with Crippen LogP contribution in [0.1, 0.15) is 27.4 Å². The van der Waals surface area contributed by atoms with Crippen LogP contribution in [0.3, 0.4) is 0 Å². The van der Waals surface area contributed by atoms with E-state index in [4.69, 9.17) is 75.3 Å². The highest BCUT2D eigenvalue weighted by atomic mass is 35.5. The molecular formula is C24H15Cl6F2N3O2. The lowest BCUT2D eigenvalue weighted by Crippen LogP contribution is -2.19. The molecule has 194 valence electrons. The third kappa shape index (κ3) is 5.31. The molecule has 0 spiro atoms. The maximum absolute atomic E-state index is 14.3. The van der Waals surface area contributed by atoms with Crippen molar-refractivity contribution in [1.82, 2.24) is 0 Å². The van der Waals surface area contributed by atoms with Crippen LogP contribution in [0.25, 0.3) is 0 Å². The van der Waals surface area contributed by atoms with Crippen molar-refractivity contribution in [3.8, 4) is 0 Å². The van der Waals surface area contributed by atoms with E-state index in [1.807, 2.05) is 0 Å². The number of halogens is 8. The number of aryl methyl sites for hydroxylation is 1. The van der Waals surface area contributed by atoms with Crippen LogP contribution in [0.4, 0.5) is 25.8 Å². The number of nitrogen functional groups attached to an aromatic ring is 1. The van der Waals surface area contributed by atoms with Crippen LogP contribution >= 0.6 is 69.6 Å². The van der Waals surface area contributed by atoms with Gasteiger partial charge in [-0.25, -0.2) is 8.78 Å². The Bertz CT molecular complexity index is 1440. The predicted molar refractivity (Wildman–Crippen MR) is 146 cm³/mol. The van der Waals surface area contributed by atoms with E-state index in [1.165, 1.54) is 24.3 Å². The number of hydrogen-bond acceptors (Lipinski definition) is 3. The molecule has 1 unspecified atom stereocenters. The first-order chi connectivity index (χ1) is 17.2. The largest absolute Gasteiger partial charge is 0.396 e. The number of carbonyl (C=O) groups is 2.